The molecule has 0 aliphatic carbocycles. The number of piperidine rings is 1. The van der Waals surface area contributed by atoms with Crippen LogP contribution in [0.25, 0.3) is 6.08 Å². The minimum absolute atomic E-state index is 0.0817. The summed E-state index contributed by atoms with van der Waals surface area (Å²) >= 11 is 0. The SMILES string of the molecule is CCOc1ccc(C=C(C#N)C(=O)N2CCCC(O)C2)cc1. The van der Waals surface area contributed by atoms with Gasteiger partial charge in [0.25, 0.3) is 5.91 Å². The molecule has 1 heterocycles. The second-order valence-electron chi connectivity index (χ2n) is 5.22. The number of carbonyl (C=O) groups excluding carboxylic acids is 1. The van der Waals surface area contributed by atoms with Crippen molar-refractivity contribution in [3.8, 4) is 11.8 Å². The van der Waals surface area contributed by atoms with Gasteiger partial charge >= 0.3 is 0 Å². The highest BCUT2D eigenvalue weighted by molar-refractivity contribution is 6.01. The molecule has 2 rings (SSSR count). The predicted octanol–water partition coefficient (Wildman–Crippen LogP) is 1.98. The Morgan fingerprint density at radius 1 is 1.50 bits per heavy atom. The number of benzene rings is 1. The zero-order valence-electron chi connectivity index (χ0n) is 12.7. The molecule has 1 aliphatic heterocycles. The number of β-amino-alcohol motifs (C(OH)–C–C–N with tert-alkyl or cyclic N) is 1. The van der Waals surface area contributed by atoms with Crippen LogP contribution in [0.5, 0.6) is 5.75 Å². The van der Waals surface area contributed by atoms with E-state index >= 15 is 0 Å². The fourth-order valence-corrected chi connectivity index (χ4v) is 2.44. The standard InChI is InChI=1S/C17H20N2O3/c1-2-22-16-7-5-13(6-8-16)10-14(11-18)17(21)19-9-3-4-15(20)12-19/h5-8,10,15,20H,2-4,9,12H2,1H3. The summed E-state index contributed by atoms with van der Waals surface area (Å²) < 4.78 is 5.36. The Balaban J connectivity index is 2.12. The van der Waals surface area contributed by atoms with Crippen LogP contribution in [0.2, 0.25) is 0 Å². The molecule has 1 saturated heterocycles. The highest BCUT2D eigenvalue weighted by Gasteiger charge is 2.24. The van der Waals surface area contributed by atoms with E-state index in [-0.39, 0.29) is 11.5 Å². The van der Waals surface area contributed by atoms with Crippen molar-refractivity contribution in [2.24, 2.45) is 0 Å². The largest absolute Gasteiger partial charge is 0.494 e. The zero-order chi connectivity index (χ0) is 15.9. The summed E-state index contributed by atoms with van der Waals surface area (Å²) in [6.45, 7) is 3.38. The Bertz CT molecular complexity index is 587. The average molecular weight is 300 g/mol. The van der Waals surface area contributed by atoms with E-state index in [9.17, 15) is 15.2 Å². The molecule has 1 atom stereocenters. The maximum absolute atomic E-state index is 12.3. The molecule has 1 unspecified atom stereocenters. The van der Waals surface area contributed by atoms with Crippen LogP contribution in [0.4, 0.5) is 0 Å². The molecule has 1 N–H and O–H groups in total. The first-order valence-electron chi connectivity index (χ1n) is 7.46. The summed E-state index contributed by atoms with van der Waals surface area (Å²) in [7, 11) is 0. The van der Waals surface area contributed by atoms with Gasteiger partial charge in [0.2, 0.25) is 0 Å². The minimum Gasteiger partial charge on any atom is -0.494 e. The van der Waals surface area contributed by atoms with E-state index in [1.807, 2.05) is 13.0 Å². The van der Waals surface area contributed by atoms with Gasteiger partial charge in [0.1, 0.15) is 17.4 Å². The van der Waals surface area contributed by atoms with Crippen LogP contribution in [0.15, 0.2) is 29.8 Å². The van der Waals surface area contributed by atoms with Gasteiger partial charge in [0.15, 0.2) is 0 Å². The van der Waals surface area contributed by atoms with Crippen LogP contribution in [0, 0.1) is 11.3 Å². The molecule has 0 bridgehead atoms. The molecule has 1 aliphatic rings. The molecule has 1 fully saturated rings. The Hall–Kier alpha value is -2.32. The van der Waals surface area contributed by atoms with Gasteiger partial charge in [-0.05, 0) is 43.5 Å². The molecule has 1 aromatic rings. The smallest absolute Gasteiger partial charge is 0.264 e. The van der Waals surface area contributed by atoms with Gasteiger partial charge in [-0.25, -0.2) is 0 Å². The first kappa shape index (κ1) is 16.1. The van der Waals surface area contributed by atoms with Crippen LogP contribution in [-0.4, -0.2) is 41.7 Å². The number of hydrogen-bond donors (Lipinski definition) is 1. The summed E-state index contributed by atoms with van der Waals surface area (Å²) in [5, 5.41) is 18.9. The number of amides is 1. The first-order valence-corrected chi connectivity index (χ1v) is 7.46. The Kier molecular flexibility index (Phi) is 5.56. The summed E-state index contributed by atoms with van der Waals surface area (Å²) in [4.78, 5) is 13.9. The van der Waals surface area contributed by atoms with Crippen molar-refractivity contribution >= 4 is 12.0 Å². The van der Waals surface area contributed by atoms with E-state index in [1.54, 1.807) is 30.3 Å². The summed E-state index contributed by atoms with van der Waals surface area (Å²) in [5.74, 6) is 0.429. The van der Waals surface area contributed by atoms with E-state index in [0.29, 0.717) is 26.1 Å². The highest BCUT2D eigenvalue weighted by Crippen LogP contribution is 2.17. The van der Waals surface area contributed by atoms with E-state index < -0.39 is 6.10 Å². The lowest BCUT2D eigenvalue weighted by atomic mass is 10.1. The highest BCUT2D eigenvalue weighted by atomic mass is 16.5. The van der Waals surface area contributed by atoms with E-state index in [2.05, 4.69) is 0 Å². The van der Waals surface area contributed by atoms with Crippen molar-refractivity contribution in [1.82, 2.24) is 4.90 Å². The molecule has 22 heavy (non-hydrogen) atoms. The van der Waals surface area contributed by atoms with Crippen LogP contribution in [0.1, 0.15) is 25.3 Å². The van der Waals surface area contributed by atoms with Crippen molar-refractivity contribution in [3.05, 3.63) is 35.4 Å². The number of rotatable bonds is 4. The van der Waals surface area contributed by atoms with Crippen molar-refractivity contribution in [2.75, 3.05) is 19.7 Å². The van der Waals surface area contributed by atoms with Crippen molar-refractivity contribution in [2.45, 2.75) is 25.9 Å². The molecule has 0 aromatic heterocycles. The molecular weight excluding hydrogens is 280 g/mol. The summed E-state index contributed by atoms with van der Waals surface area (Å²) in [6.07, 6.45) is 2.53. The molecule has 1 amide bonds. The molecular formula is C17H20N2O3. The van der Waals surface area contributed by atoms with Crippen molar-refractivity contribution < 1.29 is 14.6 Å². The lowest BCUT2D eigenvalue weighted by Crippen LogP contribution is -2.42. The molecule has 5 heteroatoms. The van der Waals surface area contributed by atoms with Crippen LogP contribution < -0.4 is 4.74 Å². The predicted molar refractivity (Wildman–Crippen MR) is 83.0 cm³/mol. The Morgan fingerprint density at radius 3 is 2.82 bits per heavy atom. The lowest BCUT2D eigenvalue weighted by Gasteiger charge is -2.29. The van der Waals surface area contributed by atoms with Gasteiger partial charge in [-0.1, -0.05) is 12.1 Å². The minimum atomic E-state index is -0.497. The Labute approximate surface area is 130 Å². The molecule has 5 nitrogen and oxygen atoms in total. The van der Waals surface area contributed by atoms with Crippen molar-refractivity contribution in [1.29, 1.82) is 5.26 Å². The molecule has 0 radical (unpaired) electrons. The van der Waals surface area contributed by atoms with E-state index in [0.717, 1.165) is 17.7 Å². The third kappa shape index (κ3) is 4.09. The monoisotopic (exact) mass is 300 g/mol. The summed E-state index contributed by atoms with van der Waals surface area (Å²) in [6, 6.07) is 9.18. The second kappa shape index (κ2) is 7.62. The van der Waals surface area contributed by atoms with Gasteiger partial charge in [0.05, 0.1) is 12.7 Å². The van der Waals surface area contributed by atoms with Crippen LogP contribution in [-0.2, 0) is 4.79 Å². The van der Waals surface area contributed by atoms with E-state index in [1.165, 1.54) is 4.90 Å². The second-order valence-corrected chi connectivity index (χ2v) is 5.22. The third-order valence-corrected chi connectivity index (χ3v) is 3.54. The number of hydrogen-bond acceptors (Lipinski definition) is 4. The maximum atomic E-state index is 12.3. The fourth-order valence-electron chi connectivity index (χ4n) is 2.44. The summed E-state index contributed by atoms with van der Waals surface area (Å²) in [5.41, 5.74) is 0.851. The maximum Gasteiger partial charge on any atom is 0.264 e. The quantitative estimate of drug-likeness (QED) is 0.681. The van der Waals surface area contributed by atoms with Gasteiger partial charge in [-0.15, -0.1) is 0 Å². The van der Waals surface area contributed by atoms with Gasteiger partial charge in [-0.2, -0.15) is 5.26 Å². The number of nitriles is 1. The average Bonchev–Trinajstić information content (AvgIpc) is 2.54. The van der Waals surface area contributed by atoms with Crippen LogP contribution >= 0.6 is 0 Å². The molecule has 1 aromatic carbocycles. The fraction of sp³-hybridized carbons (Fsp3) is 0.412. The third-order valence-electron chi connectivity index (χ3n) is 3.54. The number of aliphatic hydroxyl groups excluding tert-OH is 1. The number of aliphatic hydroxyl groups is 1. The van der Waals surface area contributed by atoms with Gasteiger partial charge < -0.3 is 14.7 Å². The number of ether oxygens (including phenoxy) is 1. The normalized spacial score (nSPS) is 18.7. The molecule has 0 spiro atoms. The van der Waals surface area contributed by atoms with Crippen molar-refractivity contribution in [3.63, 3.8) is 0 Å². The molecule has 0 saturated carbocycles. The van der Waals surface area contributed by atoms with Gasteiger partial charge in [0, 0.05) is 13.1 Å². The number of carbonyl (C=O) groups is 1. The topological polar surface area (TPSA) is 73.6 Å². The van der Waals surface area contributed by atoms with Crippen LogP contribution in [0.3, 0.4) is 0 Å². The van der Waals surface area contributed by atoms with Gasteiger partial charge in [-0.3, -0.25) is 4.79 Å². The van der Waals surface area contributed by atoms with E-state index in [4.69, 9.17) is 4.74 Å². The zero-order valence-corrected chi connectivity index (χ0v) is 12.7. The number of likely N-dealkylation sites (tertiary alicyclic amines) is 1. The molecule has 116 valence electrons. The first-order chi connectivity index (χ1) is 10.6. The Morgan fingerprint density at radius 2 is 2.23 bits per heavy atom. The lowest BCUT2D eigenvalue weighted by molar-refractivity contribution is -0.129. The number of nitrogens with zero attached hydrogens (tertiary/aromatic N) is 2.